The van der Waals surface area contributed by atoms with Crippen molar-refractivity contribution in [1.29, 1.82) is 0 Å². The Bertz CT molecular complexity index is 973. The molecule has 0 saturated carbocycles. The largest absolute Gasteiger partial charge is 0.497 e. The van der Waals surface area contributed by atoms with Crippen LogP contribution >= 0.6 is 23.4 Å². The van der Waals surface area contributed by atoms with Crippen molar-refractivity contribution in [3.8, 4) is 22.9 Å². The van der Waals surface area contributed by atoms with Crippen LogP contribution in [-0.4, -0.2) is 40.8 Å². The van der Waals surface area contributed by atoms with Crippen molar-refractivity contribution < 1.29 is 14.3 Å². The molecule has 10 heteroatoms. The quantitative estimate of drug-likeness (QED) is 0.448. The van der Waals surface area contributed by atoms with E-state index in [1.165, 1.54) is 16.4 Å². The van der Waals surface area contributed by atoms with Crippen LogP contribution in [0.1, 0.15) is 0 Å². The molecule has 2 aromatic carbocycles. The van der Waals surface area contributed by atoms with Crippen LogP contribution in [0, 0.1) is 0 Å². The molecule has 0 aliphatic heterocycles. The summed E-state index contributed by atoms with van der Waals surface area (Å²) in [5.41, 5.74) is 1.30. The molecule has 146 valence electrons. The van der Waals surface area contributed by atoms with E-state index in [2.05, 4.69) is 15.5 Å². The fraction of sp³-hybridized carbons (Fsp3) is 0.167. The zero-order valence-electron chi connectivity index (χ0n) is 15.2. The maximum absolute atomic E-state index is 12.1. The van der Waals surface area contributed by atoms with Gasteiger partial charge in [0.25, 0.3) is 0 Å². The molecule has 0 radical (unpaired) electrons. The van der Waals surface area contributed by atoms with Gasteiger partial charge in [-0.1, -0.05) is 29.4 Å². The molecule has 0 bridgehead atoms. The lowest BCUT2D eigenvalue weighted by molar-refractivity contribution is -0.113. The maximum Gasteiger partial charge on any atom is 0.234 e. The van der Waals surface area contributed by atoms with Gasteiger partial charge < -0.3 is 20.6 Å². The summed E-state index contributed by atoms with van der Waals surface area (Å²) in [7, 11) is 3.12. The predicted octanol–water partition coefficient (Wildman–Crippen LogP) is 3.06. The summed E-state index contributed by atoms with van der Waals surface area (Å²) in [6.07, 6.45) is 0. The number of nitrogens with one attached hydrogen (secondary N) is 1. The van der Waals surface area contributed by atoms with Gasteiger partial charge in [-0.15, -0.1) is 10.2 Å². The van der Waals surface area contributed by atoms with Crippen LogP contribution in [-0.2, 0) is 4.79 Å². The number of hydrogen-bond donors (Lipinski definition) is 2. The molecule has 1 amide bonds. The zero-order valence-corrected chi connectivity index (χ0v) is 16.8. The smallest absolute Gasteiger partial charge is 0.234 e. The van der Waals surface area contributed by atoms with Gasteiger partial charge >= 0.3 is 0 Å². The number of carbonyl (C=O) groups excluding carboxylic acids is 1. The average Bonchev–Trinajstić information content (AvgIpc) is 3.06. The SMILES string of the molecule is COc1cc(OC)cc(-c2nnc(SCC(=O)Nc3cccc(Cl)c3)n2N)c1. The molecule has 8 nitrogen and oxygen atoms in total. The van der Waals surface area contributed by atoms with Gasteiger partial charge in [-0.05, 0) is 30.3 Å². The number of thioether (sulfide) groups is 1. The van der Waals surface area contributed by atoms with Crippen LogP contribution in [0.2, 0.25) is 5.02 Å². The highest BCUT2D eigenvalue weighted by molar-refractivity contribution is 7.99. The molecule has 0 spiro atoms. The zero-order chi connectivity index (χ0) is 20.1. The Balaban J connectivity index is 1.70. The van der Waals surface area contributed by atoms with Crippen molar-refractivity contribution in [2.45, 2.75) is 5.16 Å². The number of hydrogen-bond acceptors (Lipinski definition) is 7. The van der Waals surface area contributed by atoms with Gasteiger partial charge in [0.05, 0.1) is 20.0 Å². The van der Waals surface area contributed by atoms with Crippen molar-refractivity contribution in [3.05, 3.63) is 47.5 Å². The van der Waals surface area contributed by atoms with E-state index in [0.717, 1.165) is 0 Å². The molecule has 0 fully saturated rings. The Kier molecular flexibility index (Phi) is 6.27. The summed E-state index contributed by atoms with van der Waals surface area (Å²) in [5, 5.41) is 11.9. The topological polar surface area (TPSA) is 104 Å². The Hall–Kier alpha value is -2.91. The molecule has 0 saturated heterocycles. The van der Waals surface area contributed by atoms with Crippen LogP contribution in [0.5, 0.6) is 11.5 Å². The van der Waals surface area contributed by atoms with Crippen LogP contribution in [0.25, 0.3) is 11.4 Å². The lowest BCUT2D eigenvalue weighted by Gasteiger charge is -2.08. The molecule has 3 rings (SSSR count). The molecule has 0 aliphatic carbocycles. The summed E-state index contributed by atoms with van der Waals surface area (Å²) >= 11 is 7.08. The van der Waals surface area contributed by atoms with Crippen molar-refractivity contribution in [3.63, 3.8) is 0 Å². The first-order valence-corrected chi connectivity index (χ1v) is 9.48. The molecular weight excluding hydrogens is 402 g/mol. The molecule has 1 aromatic heterocycles. The number of aromatic nitrogens is 3. The van der Waals surface area contributed by atoms with E-state index >= 15 is 0 Å². The van der Waals surface area contributed by atoms with Gasteiger partial charge in [0, 0.05) is 22.3 Å². The fourth-order valence-corrected chi connectivity index (χ4v) is 3.25. The average molecular weight is 420 g/mol. The summed E-state index contributed by atoms with van der Waals surface area (Å²) in [5.74, 6) is 7.66. The molecule has 1 heterocycles. The molecular formula is C18H18ClN5O3S. The summed E-state index contributed by atoms with van der Waals surface area (Å²) in [6.45, 7) is 0. The number of amides is 1. The monoisotopic (exact) mass is 419 g/mol. The predicted molar refractivity (Wildman–Crippen MR) is 110 cm³/mol. The molecule has 0 aliphatic rings. The van der Waals surface area contributed by atoms with Crippen LogP contribution in [0.3, 0.4) is 0 Å². The third kappa shape index (κ3) is 4.68. The highest BCUT2D eigenvalue weighted by Crippen LogP contribution is 2.29. The summed E-state index contributed by atoms with van der Waals surface area (Å²) in [4.78, 5) is 12.1. The highest BCUT2D eigenvalue weighted by Gasteiger charge is 2.15. The van der Waals surface area contributed by atoms with E-state index < -0.39 is 0 Å². The fourth-order valence-electron chi connectivity index (χ4n) is 2.40. The molecule has 3 N–H and O–H groups in total. The second-order valence-electron chi connectivity index (χ2n) is 5.62. The van der Waals surface area contributed by atoms with Gasteiger partial charge in [-0.3, -0.25) is 4.79 Å². The molecule has 28 heavy (non-hydrogen) atoms. The molecule has 0 atom stereocenters. The minimum atomic E-state index is -0.208. The number of anilines is 1. The normalized spacial score (nSPS) is 10.5. The number of halogens is 1. The Labute approximate surface area is 171 Å². The second-order valence-corrected chi connectivity index (χ2v) is 7.00. The second kappa shape index (κ2) is 8.85. The number of methoxy groups -OCH3 is 2. The summed E-state index contributed by atoms with van der Waals surface area (Å²) in [6, 6.07) is 12.2. The van der Waals surface area contributed by atoms with E-state index in [9.17, 15) is 4.79 Å². The van der Waals surface area contributed by atoms with Gasteiger partial charge in [-0.2, -0.15) is 0 Å². The first-order chi connectivity index (χ1) is 13.5. The lowest BCUT2D eigenvalue weighted by Crippen LogP contribution is -2.16. The van der Waals surface area contributed by atoms with E-state index in [4.69, 9.17) is 26.9 Å². The first kappa shape index (κ1) is 19.8. The van der Waals surface area contributed by atoms with Crippen molar-refractivity contribution in [2.24, 2.45) is 0 Å². The van der Waals surface area contributed by atoms with Gasteiger partial charge in [0.1, 0.15) is 11.5 Å². The third-order valence-electron chi connectivity index (χ3n) is 3.71. The van der Waals surface area contributed by atoms with Gasteiger partial charge in [0.15, 0.2) is 5.82 Å². The highest BCUT2D eigenvalue weighted by atomic mass is 35.5. The van der Waals surface area contributed by atoms with E-state index in [1.54, 1.807) is 56.7 Å². The first-order valence-electron chi connectivity index (χ1n) is 8.12. The Morgan fingerprint density at radius 1 is 1.18 bits per heavy atom. The summed E-state index contributed by atoms with van der Waals surface area (Å²) < 4.78 is 11.9. The maximum atomic E-state index is 12.1. The number of nitrogens with zero attached hydrogens (tertiary/aromatic N) is 3. The van der Waals surface area contributed by atoms with Gasteiger partial charge in [-0.25, -0.2) is 4.68 Å². The number of nitrogen functional groups attached to an aromatic ring is 1. The number of rotatable bonds is 7. The number of nitrogens with two attached hydrogens (primary N) is 1. The lowest BCUT2D eigenvalue weighted by atomic mass is 10.2. The van der Waals surface area contributed by atoms with E-state index in [0.29, 0.717) is 38.8 Å². The number of carbonyl (C=O) groups is 1. The van der Waals surface area contributed by atoms with Crippen molar-refractivity contribution >= 4 is 35.0 Å². The van der Waals surface area contributed by atoms with Crippen LogP contribution in [0.4, 0.5) is 5.69 Å². The van der Waals surface area contributed by atoms with Crippen molar-refractivity contribution in [2.75, 3.05) is 31.1 Å². The van der Waals surface area contributed by atoms with Crippen LogP contribution in [0.15, 0.2) is 47.6 Å². The molecule has 3 aromatic rings. The third-order valence-corrected chi connectivity index (χ3v) is 4.89. The van der Waals surface area contributed by atoms with Crippen LogP contribution < -0.4 is 20.6 Å². The Morgan fingerprint density at radius 2 is 1.89 bits per heavy atom. The van der Waals surface area contributed by atoms with Gasteiger partial charge in [0.2, 0.25) is 11.1 Å². The Morgan fingerprint density at radius 3 is 2.54 bits per heavy atom. The van der Waals surface area contributed by atoms with E-state index in [-0.39, 0.29) is 11.7 Å². The number of benzene rings is 2. The minimum Gasteiger partial charge on any atom is -0.497 e. The van der Waals surface area contributed by atoms with Crippen molar-refractivity contribution in [1.82, 2.24) is 14.9 Å². The minimum absolute atomic E-state index is 0.114. The number of ether oxygens (including phenoxy) is 2. The van der Waals surface area contributed by atoms with E-state index in [1.807, 2.05) is 0 Å². The standard InChI is InChI=1S/C18H18ClN5O3S/c1-26-14-6-11(7-15(9-14)27-2)17-22-23-18(24(17)20)28-10-16(25)21-13-5-3-4-12(19)8-13/h3-9H,10,20H2,1-2H3,(H,21,25). The molecule has 0 unspecified atom stereocenters.